The molecule has 1 heterocycles. The van der Waals surface area contributed by atoms with Crippen LogP contribution in [0.5, 0.6) is 0 Å². The van der Waals surface area contributed by atoms with E-state index in [1.54, 1.807) is 11.3 Å². The molecule has 1 rings (SSSR count). The highest BCUT2D eigenvalue weighted by Crippen LogP contribution is 2.24. The van der Waals surface area contributed by atoms with Crippen LogP contribution in [0.3, 0.4) is 0 Å². The Labute approximate surface area is 77.8 Å². The predicted molar refractivity (Wildman–Crippen MR) is 54.3 cm³/mol. The van der Waals surface area contributed by atoms with Gasteiger partial charge in [0.2, 0.25) is 0 Å². The van der Waals surface area contributed by atoms with E-state index in [4.69, 9.17) is 5.73 Å². The largest absolute Gasteiger partial charge is 0.330 e. The van der Waals surface area contributed by atoms with Gasteiger partial charge in [0.15, 0.2) is 0 Å². The van der Waals surface area contributed by atoms with Crippen LogP contribution in [0, 0.1) is 5.92 Å². The first kappa shape index (κ1) is 9.71. The summed E-state index contributed by atoms with van der Waals surface area (Å²) in [5.74, 6) is 0.494. The Balaban J connectivity index is 2.69. The number of rotatable bonds is 4. The molecule has 0 aliphatic rings. The van der Waals surface area contributed by atoms with E-state index in [2.05, 4.69) is 29.8 Å². The van der Waals surface area contributed by atoms with Crippen LogP contribution >= 0.6 is 11.3 Å². The van der Waals surface area contributed by atoms with Crippen LogP contribution in [-0.2, 0) is 0 Å². The summed E-state index contributed by atoms with van der Waals surface area (Å²) in [6.45, 7) is 2.89. The van der Waals surface area contributed by atoms with Gasteiger partial charge >= 0.3 is 0 Å². The maximum Gasteiger partial charge on any atom is 0.0450 e. The second-order valence-electron chi connectivity index (χ2n) is 2.99. The van der Waals surface area contributed by atoms with Gasteiger partial charge in [0.25, 0.3) is 0 Å². The maximum absolute atomic E-state index is 5.62. The van der Waals surface area contributed by atoms with E-state index in [1.165, 1.54) is 4.88 Å². The summed E-state index contributed by atoms with van der Waals surface area (Å²) < 4.78 is 0. The Morgan fingerprint density at radius 1 is 1.67 bits per heavy atom. The zero-order valence-electron chi connectivity index (χ0n) is 7.58. The lowest BCUT2D eigenvalue weighted by Crippen LogP contribution is -2.27. The Morgan fingerprint density at radius 2 is 2.42 bits per heavy atom. The van der Waals surface area contributed by atoms with Crippen molar-refractivity contribution in [3.8, 4) is 0 Å². The molecule has 0 radical (unpaired) electrons. The van der Waals surface area contributed by atoms with Gasteiger partial charge in [0.1, 0.15) is 0 Å². The number of hydrogen-bond acceptors (Lipinski definition) is 3. The van der Waals surface area contributed by atoms with Crippen LogP contribution < -0.4 is 11.1 Å². The van der Waals surface area contributed by atoms with Gasteiger partial charge in [0.05, 0.1) is 0 Å². The fraction of sp³-hybridized carbons (Fsp3) is 0.556. The van der Waals surface area contributed by atoms with E-state index in [1.807, 2.05) is 7.05 Å². The van der Waals surface area contributed by atoms with Crippen LogP contribution in [0.2, 0.25) is 0 Å². The standard InChI is InChI=1S/C9H16N2S/c1-7(6-10)9(11-2)8-4-3-5-12-8/h3-5,7,9,11H,6,10H2,1-2H3. The van der Waals surface area contributed by atoms with Crippen molar-refractivity contribution in [1.82, 2.24) is 5.32 Å². The van der Waals surface area contributed by atoms with Gasteiger partial charge in [-0.15, -0.1) is 11.3 Å². The van der Waals surface area contributed by atoms with E-state index in [0.717, 1.165) is 6.54 Å². The van der Waals surface area contributed by atoms with Crippen LogP contribution in [0.15, 0.2) is 17.5 Å². The minimum atomic E-state index is 0.412. The Morgan fingerprint density at radius 3 is 2.83 bits per heavy atom. The normalized spacial score (nSPS) is 15.9. The third kappa shape index (κ3) is 2.06. The molecule has 0 saturated carbocycles. The van der Waals surface area contributed by atoms with Crippen LogP contribution in [0.25, 0.3) is 0 Å². The number of nitrogens with two attached hydrogens (primary N) is 1. The van der Waals surface area contributed by atoms with Gasteiger partial charge in [-0.3, -0.25) is 0 Å². The summed E-state index contributed by atoms with van der Waals surface area (Å²) in [6.07, 6.45) is 0. The first-order chi connectivity index (χ1) is 5.79. The number of hydrogen-bond donors (Lipinski definition) is 2. The molecule has 2 atom stereocenters. The van der Waals surface area contributed by atoms with Crippen molar-refractivity contribution in [2.45, 2.75) is 13.0 Å². The molecule has 12 heavy (non-hydrogen) atoms. The van der Waals surface area contributed by atoms with Crippen molar-refractivity contribution < 1.29 is 0 Å². The van der Waals surface area contributed by atoms with Crippen molar-refractivity contribution in [1.29, 1.82) is 0 Å². The van der Waals surface area contributed by atoms with Crippen molar-refractivity contribution in [2.75, 3.05) is 13.6 Å². The highest BCUT2D eigenvalue weighted by Gasteiger charge is 2.16. The van der Waals surface area contributed by atoms with Crippen molar-refractivity contribution in [3.05, 3.63) is 22.4 Å². The summed E-state index contributed by atoms with van der Waals surface area (Å²) in [5.41, 5.74) is 5.62. The van der Waals surface area contributed by atoms with E-state index < -0.39 is 0 Å². The second-order valence-corrected chi connectivity index (χ2v) is 3.97. The predicted octanol–water partition coefficient (Wildman–Crippen LogP) is 1.60. The van der Waals surface area contributed by atoms with Crippen LogP contribution in [0.1, 0.15) is 17.8 Å². The number of thiophene rings is 1. The molecular weight excluding hydrogens is 168 g/mol. The van der Waals surface area contributed by atoms with E-state index in [9.17, 15) is 0 Å². The number of nitrogens with one attached hydrogen (secondary N) is 1. The average Bonchev–Trinajstić information content (AvgIpc) is 2.58. The molecule has 0 aromatic carbocycles. The SMILES string of the molecule is CNC(c1cccs1)C(C)CN. The summed E-state index contributed by atoms with van der Waals surface area (Å²) in [6, 6.07) is 4.64. The minimum absolute atomic E-state index is 0.412. The molecule has 3 N–H and O–H groups in total. The first-order valence-corrected chi connectivity index (χ1v) is 5.08. The third-order valence-electron chi connectivity index (χ3n) is 2.10. The zero-order valence-corrected chi connectivity index (χ0v) is 8.40. The molecule has 0 bridgehead atoms. The van der Waals surface area contributed by atoms with Crippen molar-refractivity contribution in [3.63, 3.8) is 0 Å². The molecule has 2 nitrogen and oxygen atoms in total. The van der Waals surface area contributed by atoms with Crippen LogP contribution in [0.4, 0.5) is 0 Å². The molecule has 68 valence electrons. The monoisotopic (exact) mass is 184 g/mol. The summed E-state index contributed by atoms with van der Waals surface area (Å²) in [4.78, 5) is 1.37. The van der Waals surface area contributed by atoms with E-state index in [-0.39, 0.29) is 0 Å². The molecule has 0 amide bonds. The molecule has 0 saturated heterocycles. The molecule has 3 heteroatoms. The van der Waals surface area contributed by atoms with Crippen molar-refractivity contribution in [2.24, 2.45) is 11.7 Å². The van der Waals surface area contributed by atoms with Gasteiger partial charge in [-0.2, -0.15) is 0 Å². The van der Waals surface area contributed by atoms with E-state index in [0.29, 0.717) is 12.0 Å². The molecule has 2 unspecified atom stereocenters. The average molecular weight is 184 g/mol. The summed E-state index contributed by atoms with van der Waals surface area (Å²) in [5, 5.41) is 5.39. The Hall–Kier alpha value is -0.380. The smallest absolute Gasteiger partial charge is 0.0450 e. The molecule has 0 aliphatic carbocycles. The summed E-state index contributed by atoms with van der Waals surface area (Å²) >= 11 is 1.78. The lowest BCUT2D eigenvalue weighted by molar-refractivity contribution is 0.425. The van der Waals surface area contributed by atoms with Gasteiger partial charge in [-0.25, -0.2) is 0 Å². The molecule has 1 aromatic rings. The van der Waals surface area contributed by atoms with Crippen molar-refractivity contribution >= 4 is 11.3 Å². The second kappa shape index (κ2) is 4.60. The fourth-order valence-corrected chi connectivity index (χ4v) is 2.28. The minimum Gasteiger partial charge on any atom is -0.330 e. The Kier molecular flexibility index (Phi) is 3.72. The lowest BCUT2D eigenvalue weighted by atomic mass is 10.0. The molecule has 0 spiro atoms. The molecule has 0 aliphatic heterocycles. The quantitative estimate of drug-likeness (QED) is 0.746. The third-order valence-corrected chi connectivity index (χ3v) is 3.06. The molecular formula is C9H16N2S. The van der Waals surface area contributed by atoms with Crippen LogP contribution in [-0.4, -0.2) is 13.6 Å². The van der Waals surface area contributed by atoms with E-state index >= 15 is 0 Å². The molecule has 1 aromatic heterocycles. The van der Waals surface area contributed by atoms with Gasteiger partial charge in [0, 0.05) is 10.9 Å². The van der Waals surface area contributed by atoms with Gasteiger partial charge < -0.3 is 11.1 Å². The highest BCUT2D eigenvalue weighted by atomic mass is 32.1. The van der Waals surface area contributed by atoms with Gasteiger partial charge in [-0.1, -0.05) is 13.0 Å². The van der Waals surface area contributed by atoms with Gasteiger partial charge in [-0.05, 0) is 31.0 Å². The fourth-order valence-electron chi connectivity index (χ4n) is 1.31. The first-order valence-electron chi connectivity index (χ1n) is 4.20. The summed E-state index contributed by atoms with van der Waals surface area (Å²) in [7, 11) is 1.98. The highest BCUT2D eigenvalue weighted by molar-refractivity contribution is 7.10. The Bertz CT molecular complexity index is 208. The topological polar surface area (TPSA) is 38.0 Å². The molecule has 0 fully saturated rings. The zero-order chi connectivity index (χ0) is 8.97. The lowest BCUT2D eigenvalue weighted by Gasteiger charge is -2.20. The maximum atomic E-state index is 5.62.